The van der Waals surface area contributed by atoms with Crippen molar-refractivity contribution in [3.8, 4) is 0 Å². The molecule has 1 atom stereocenters. The number of Topliss-reactive ketones (excluding diaryl/α,β-unsaturated/α-hetero) is 1. The van der Waals surface area contributed by atoms with E-state index in [1.807, 2.05) is 0 Å². The van der Waals surface area contributed by atoms with Crippen molar-refractivity contribution in [3.63, 3.8) is 0 Å². The molecule has 0 saturated heterocycles. The van der Waals surface area contributed by atoms with Crippen LogP contribution in [-0.2, 0) is 16.0 Å². The summed E-state index contributed by atoms with van der Waals surface area (Å²) in [5, 5.41) is 17.3. The fourth-order valence-electron chi connectivity index (χ4n) is 1.03. The van der Waals surface area contributed by atoms with E-state index in [1.54, 1.807) is 30.3 Å². The van der Waals surface area contributed by atoms with Gasteiger partial charge in [0.2, 0.25) is 6.10 Å². The summed E-state index contributed by atoms with van der Waals surface area (Å²) in [6.07, 6.45) is -1.98. The molecule has 0 fully saturated rings. The predicted octanol–water partition coefficient (Wildman–Crippen LogP) is 0.244. The van der Waals surface area contributed by atoms with Gasteiger partial charge in [0.15, 0.2) is 5.78 Å². The first-order valence-corrected chi connectivity index (χ1v) is 4.09. The van der Waals surface area contributed by atoms with Crippen molar-refractivity contribution in [3.05, 3.63) is 35.9 Å². The molecule has 0 radical (unpaired) electrons. The molecule has 0 bridgehead atoms. The van der Waals surface area contributed by atoms with Crippen molar-refractivity contribution >= 4 is 11.8 Å². The van der Waals surface area contributed by atoms with E-state index in [0.717, 1.165) is 0 Å². The number of carbonyl (C=O) groups is 2. The molecule has 4 nitrogen and oxygen atoms in total. The first-order valence-electron chi connectivity index (χ1n) is 4.09. The zero-order valence-electron chi connectivity index (χ0n) is 7.38. The van der Waals surface area contributed by atoms with Crippen LogP contribution in [-0.4, -0.2) is 28.1 Å². The lowest BCUT2D eigenvalue weighted by atomic mass is 10.1. The molecule has 0 aliphatic heterocycles. The average Bonchev–Trinajstić information content (AvgIpc) is 2.18. The van der Waals surface area contributed by atoms with Gasteiger partial charge in [0.25, 0.3) is 0 Å². The van der Waals surface area contributed by atoms with Gasteiger partial charge >= 0.3 is 5.97 Å². The van der Waals surface area contributed by atoms with Gasteiger partial charge in [0.05, 0.1) is 0 Å². The molecule has 1 aromatic rings. The average molecular weight is 194 g/mol. The van der Waals surface area contributed by atoms with Gasteiger partial charge in [-0.2, -0.15) is 0 Å². The zero-order chi connectivity index (χ0) is 10.6. The number of aliphatic hydroxyl groups excluding tert-OH is 1. The quantitative estimate of drug-likeness (QED) is 0.673. The van der Waals surface area contributed by atoms with Gasteiger partial charge in [-0.25, -0.2) is 4.79 Å². The highest BCUT2D eigenvalue weighted by Gasteiger charge is 2.22. The van der Waals surface area contributed by atoms with Crippen LogP contribution in [0.5, 0.6) is 0 Å². The second kappa shape index (κ2) is 4.53. The van der Waals surface area contributed by atoms with Crippen LogP contribution in [0, 0.1) is 0 Å². The minimum atomic E-state index is -1.92. The number of carboxylic acid groups (broad SMARTS) is 1. The summed E-state index contributed by atoms with van der Waals surface area (Å²) < 4.78 is 0. The van der Waals surface area contributed by atoms with E-state index in [1.165, 1.54) is 0 Å². The highest BCUT2D eigenvalue weighted by atomic mass is 16.4. The smallest absolute Gasteiger partial charge is 0.340 e. The van der Waals surface area contributed by atoms with Crippen molar-refractivity contribution in [2.24, 2.45) is 0 Å². The second-order valence-corrected chi connectivity index (χ2v) is 2.87. The Kier molecular flexibility index (Phi) is 3.36. The lowest BCUT2D eigenvalue weighted by molar-refractivity contribution is -0.151. The maximum atomic E-state index is 11.1. The molecular formula is C10H10O4. The van der Waals surface area contributed by atoms with Gasteiger partial charge in [0, 0.05) is 6.42 Å². The lowest BCUT2D eigenvalue weighted by Crippen LogP contribution is -2.30. The third-order valence-corrected chi connectivity index (χ3v) is 1.76. The Balaban J connectivity index is 2.62. The highest BCUT2D eigenvalue weighted by molar-refractivity contribution is 6.01. The number of carbonyl (C=O) groups excluding carboxylic acids is 1. The van der Waals surface area contributed by atoms with Crippen molar-refractivity contribution < 1.29 is 19.8 Å². The normalized spacial score (nSPS) is 12.1. The Hall–Kier alpha value is -1.68. The molecule has 0 saturated carbocycles. The number of carboxylic acids is 1. The number of ketones is 1. The van der Waals surface area contributed by atoms with E-state index in [0.29, 0.717) is 5.56 Å². The van der Waals surface area contributed by atoms with Crippen molar-refractivity contribution in [1.82, 2.24) is 0 Å². The van der Waals surface area contributed by atoms with E-state index in [9.17, 15) is 9.59 Å². The van der Waals surface area contributed by atoms with Gasteiger partial charge < -0.3 is 10.2 Å². The van der Waals surface area contributed by atoms with Crippen LogP contribution in [0.3, 0.4) is 0 Å². The topological polar surface area (TPSA) is 74.6 Å². The molecular weight excluding hydrogens is 184 g/mol. The molecule has 1 aromatic carbocycles. The molecule has 0 amide bonds. The van der Waals surface area contributed by atoms with Crippen LogP contribution in [0.25, 0.3) is 0 Å². The van der Waals surface area contributed by atoms with Crippen LogP contribution in [0.4, 0.5) is 0 Å². The Morgan fingerprint density at radius 2 is 1.79 bits per heavy atom. The van der Waals surface area contributed by atoms with Crippen LogP contribution in [0.2, 0.25) is 0 Å². The van der Waals surface area contributed by atoms with E-state index in [4.69, 9.17) is 10.2 Å². The van der Waals surface area contributed by atoms with E-state index < -0.39 is 17.9 Å². The Morgan fingerprint density at radius 3 is 2.29 bits per heavy atom. The zero-order valence-corrected chi connectivity index (χ0v) is 7.38. The molecule has 0 spiro atoms. The largest absolute Gasteiger partial charge is 0.479 e. The summed E-state index contributed by atoms with van der Waals surface area (Å²) >= 11 is 0. The molecule has 0 aromatic heterocycles. The fraction of sp³-hybridized carbons (Fsp3) is 0.200. The molecule has 14 heavy (non-hydrogen) atoms. The van der Waals surface area contributed by atoms with Gasteiger partial charge in [-0.15, -0.1) is 0 Å². The summed E-state index contributed by atoms with van der Waals surface area (Å²) in [6.45, 7) is 0. The Labute approximate surface area is 80.8 Å². The third kappa shape index (κ3) is 2.67. The molecule has 74 valence electrons. The summed E-state index contributed by atoms with van der Waals surface area (Å²) in [5.74, 6) is -2.21. The molecule has 1 unspecified atom stereocenters. The van der Waals surface area contributed by atoms with E-state index in [-0.39, 0.29) is 6.42 Å². The highest BCUT2D eigenvalue weighted by Crippen LogP contribution is 2.02. The maximum Gasteiger partial charge on any atom is 0.340 e. The second-order valence-electron chi connectivity index (χ2n) is 2.87. The standard InChI is InChI=1S/C10H10O4/c11-8(9(12)10(13)14)6-7-4-2-1-3-5-7/h1-5,9,12H,6H2,(H,13,14). The van der Waals surface area contributed by atoms with Crippen LogP contribution < -0.4 is 0 Å². The minimum absolute atomic E-state index is 0.0612. The first-order chi connectivity index (χ1) is 6.61. The summed E-state index contributed by atoms with van der Waals surface area (Å²) in [5.41, 5.74) is 0.692. The summed E-state index contributed by atoms with van der Waals surface area (Å²) in [4.78, 5) is 21.4. The number of aliphatic hydroxyl groups is 1. The van der Waals surface area contributed by atoms with Crippen LogP contribution in [0.1, 0.15) is 5.56 Å². The van der Waals surface area contributed by atoms with Crippen molar-refractivity contribution in [1.29, 1.82) is 0 Å². The van der Waals surface area contributed by atoms with Crippen LogP contribution in [0.15, 0.2) is 30.3 Å². The molecule has 0 aliphatic rings. The molecule has 1 rings (SSSR count). The molecule has 4 heteroatoms. The predicted molar refractivity (Wildman–Crippen MR) is 48.8 cm³/mol. The molecule has 0 aliphatic carbocycles. The van der Waals surface area contributed by atoms with Gasteiger partial charge in [0.1, 0.15) is 0 Å². The van der Waals surface area contributed by atoms with Gasteiger partial charge in [-0.1, -0.05) is 30.3 Å². The summed E-state index contributed by atoms with van der Waals surface area (Å²) in [6, 6.07) is 8.69. The van der Waals surface area contributed by atoms with Gasteiger partial charge in [-0.05, 0) is 5.56 Å². The monoisotopic (exact) mass is 194 g/mol. The number of benzene rings is 1. The van der Waals surface area contributed by atoms with E-state index in [2.05, 4.69) is 0 Å². The van der Waals surface area contributed by atoms with E-state index >= 15 is 0 Å². The lowest BCUT2D eigenvalue weighted by Gasteiger charge is -2.03. The third-order valence-electron chi connectivity index (χ3n) is 1.76. The van der Waals surface area contributed by atoms with Crippen LogP contribution >= 0.6 is 0 Å². The number of rotatable bonds is 4. The van der Waals surface area contributed by atoms with Gasteiger partial charge in [-0.3, -0.25) is 4.79 Å². The number of hydrogen-bond acceptors (Lipinski definition) is 3. The Bertz CT molecular complexity index is 331. The number of aliphatic carboxylic acids is 1. The summed E-state index contributed by atoms with van der Waals surface area (Å²) in [7, 11) is 0. The maximum absolute atomic E-state index is 11.1. The van der Waals surface area contributed by atoms with Crippen molar-refractivity contribution in [2.75, 3.05) is 0 Å². The SMILES string of the molecule is O=C(O)C(O)C(=O)Cc1ccccc1. The molecule has 0 heterocycles. The fourth-order valence-corrected chi connectivity index (χ4v) is 1.03. The minimum Gasteiger partial charge on any atom is -0.479 e. The first kappa shape index (κ1) is 10.4. The molecule has 2 N–H and O–H groups in total. The Morgan fingerprint density at radius 1 is 1.21 bits per heavy atom. The number of hydrogen-bond donors (Lipinski definition) is 2. The van der Waals surface area contributed by atoms with Crippen molar-refractivity contribution in [2.45, 2.75) is 12.5 Å².